The van der Waals surface area contributed by atoms with Gasteiger partial charge in [-0.25, -0.2) is 4.79 Å². The number of carbonyl (C=O) groups is 1. The quantitative estimate of drug-likeness (QED) is 0.756. The van der Waals surface area contributed by atoms with Crippen LogP contribution in [0.5, 0.6) is 0 Å². The molecule has 1 aliphatic rings. The fourth-order valence-electron chi connectivity index (χ4n) is 3.79. The van der Waals surface area contributed by atoms with Crippen molar-refractivity contribution in [3.8, 4) is 6.07 Å². The molecule has 1 saturated heterocycles. The number of alkyl halides is 3. The van der Waals surface area contributed by atoms with Gasteiger partial charge in [-0.05, 0) is 44.8 Å². The lowest BCUT2D eigenvalue weighted by atomic mass is 9.92. The SMILES string of the molecule is CN(C)CCNC(=O)N[C@@H]1C[C@H](C(F)(F)F)CN(c2ccc(C#N)c3ncccc23)C1. The number of likely N-dealkylation sites (N-methyl/N-ethyl adjacent to an activating group) is 1. The smallest absolute Gasteiger partial charge is 0.368 e. The van der Waals surface area contributed by atoms with E-state index in [9.17, 15) is 23.2 Å². The molecule has 2 N–H and O–H groups in total. The number of rotatable bonds is 5. The number of anilines is 1. The number of benzene rings is 1. The van der Waals surface area contributed by atoms with E-state index in [-0.39, 0.29) is 19.5 Å². The van der Waals surface area contributed by atoms with Gasteiger partial charge in [0.2, 0.25) is 0 Å². The Kier molecular flexibility index (Phi) is 6.85. The molecule has 1 fully saturated rings. The number of urea groups is 1. The van der Waals surface area contributed by atoms with Gasteiger partial charge in [0.15, 0.2) is 0 Å². The van der Waals surface area contributed by atoms with E-state index in [1.165, 1.54) is 0 Å². The van der Waals surface area contributed by atoms with Crippen molar-refractivity contribution < 1.29 is 18.0 Å². The summed E-state index contributed by atoms with van der Waals surface area (Å²) >= 11 is 0. The Morgan fingerprint density at radius 2 is 2.10 bits per heavy atom. The summed E-state index contributed by atoms with van der Waals surface area (Å²) in [4.78, 5) is 20.0. The second-order valence-electron chi connectivity index (χ2n) is 7.92. The maximum absolute atomic E-state index is 13.6. The average Bonchev–Trinajstić information content (AvgIpc) is 2.71. The molecule has 0 bridgehead atoms. The Hall–Kier alpha value is -3.06. The molecule has 7 nitrogen and oxygen atoms in total. The van der Waals surface area contributed by atoms with Gasteiger partial charge >= 0.3 is 12.2 Å². The standard InChI is InChI=1S/C21H25F3N6O/c1-29(2)9-8-27-20(31)28-16-10-15(21(22,23)24)12-30(13-16)18-6-5-14(11-25)19-17(18)4-3-7-26-19/h3-7,15-16H,8-10,12-13H2,1-2H3,(H2,27,28,31)/t15-,16+/m0/s1. The third-order valence-corrected chi connectivity index (χ3v) is 5.30. The largest absolute Gasteiger partial charge is 0.393 e. The van der Waals surface area contributed by atoms with Crippen molar-refractivity contribution in [3.63, 3.8) is 0 Å². The summed E-state index contributed by atoms with van der Waals surface area (Å²) in [6.45, 7) is 1.02. The molecular weight excluding hydrogens is 409 g/mol. The van der Waals surface area contributed by atoms with Gasteiger partial charge in [-0.2, -0.15) is 18.4 Å². The van der Waals surface area contributed by atoms with E-state index in [0.717, 1.165) is 0 Å². The van der Waals surface area contributed by atoms with E-state index in [2.05, 4.69) is 21.7 Å². The Balaban J connectivity index is 1.84. The minimum Gasteiger partial charge on any atom is -0.368 e. The molecule has 31 heavy (non-hydrogen) atoms. The van der Waals surface area contributed by atoms with Crippen LogP contribution in [0.4, 0.5) is 23.7 Å². The van der Waals surface area contributed by atoms with Gasteiger partial charge in [-0.3, -0.25) is 4.98 Å². The minimum atomic E-state index is -4.39. The van der Waals surface area contributed by atoms with Gasteiger partial charge in [-0.15, -0.1) is 0 Å². The van der Waals surface area contributed by atoms with E-state index in [4.69, 9.17) is 0 Å². The highest BCUT2D eigenvalue weighted by Crippen LogP contribution is 2.37. The zero-order chi connectivity index (χ0) is 22.6. The van der Waals surface area contributed by atoms with Crippen LogP contribution in [-0.4, -0.2) is 68.4 Å². The minimum absolute atomic E-state index is 0.187. The molecule has 2 aromatic rings. The molecule has 166 valence electrons. The first-order chi connectivity index (χ1) is 14.7. The molecule has 2 amide bonds. The molecule has 0 saturated carbocycles. The number of halogens is 3. The maximum Gasteiger partial charge on any atom is 0.393 e. The summed E-state index contributed by atoms with van der Waals surface area (Å²) in [5, 5.41) is 15.3. The number of aromatic nitrogens is 1. The van der Waals surface area contributed by atoms with Crippen molar-refractivity contribution in [3.05, 3.63) is 36.0 Å². The number of piperidine rings is 1. The zero-order valence-electron chi connectivity index (χ0n) is 17.4. The second kappa shape index (κ2) is 9.39. The van der Waals surface area contributed by atoms with Crippen molar-refractivity contribution in [1.29, 1.82) is 5.26 Å². The van der Waals surface area contributed by atoms with E-state index >= 15 is 0 Å². The molecule has 0 spiro atoms. The van der Waals surface area contributed by atoms with E-state index in [0.29, 0.717) is 35.2 Å². The van der Waals surface area contributed by atoms with Gasteiger partial charge in [-0.1, -0.05) is 0 Å². The molecule has 1 aromatic carbocycles. The van der Waals surface area contributed by atoms with Crippen molar-refractivity contribution in [2.45, 2.75) is 18.6 Å². The third-order valence-electron chi connectivity index (χ3n) is 5.30. The number of fused-ring (bicyclic) bond motifs is 1. The van der Waals surface area contributed by atoms with Gasteiger partial charge in [0.05, 0.1) is 17.0 Å². The van der Waals surface area contributed by atoms with Gasteiger partial charge < -0.3 is 20.4 Å². The normalized spacial score (nSPS) is 19.3. The lowest BCUT2D eigenvalue weighted by molar-refractivity contribution is -0.177. The summed E-state index contributed by atoms with van der Waals surface area (Å²) in [7, 11) is 3.73. The third kappa shape index (κ3) is 5.55. The number of nitriles is 1. The van der Waals surface area contributed by atoms with Gasteiger partial charge in [0, 0.05) is 49.5 Å². The summed E-state index contributed by atoms with van der Waals surface area (Å²) in [6.07, 6.45) is -3.03. The van der Waals surface area contributed by atoms with E-state index in [1.54, 1.807) is 35.4 Å². The van der Waals surface area contributed by atoms with Crippen LogP contribution in [0.2, 0.25) is 0 Å². The Labute approximate surface area is 178 Å². The molecule has 0 unspecified atom stereocenters. The summed E-state index contributed by atoms with van der Waals surface area (Å²) < 4.78 is 40.9. The molecular formula is C21H25F3N6O. The average molecular weight is 434 g/mol. The summed E-state index contributed by atoms with van der Waals surface area (Å²) in [5.74, 6) is -1.59. The lowest BCUT2D eigenvalue weighted by Crippen LogP contribution is -2.55. The first-order valence-electron chi connectivity index (χ1n) is 9.97. The van der Waals surface area contributed by atoms with Crippen molar-refractivity contribution in [2.75, 3.05) is 45.2 Å². The van der Waals surface area contributed by atoms with Gasteiger partial charge in [0.1, 0.15) is 6.07 Å². The van der Waals surface area contributed by atoms with Crippen LogP contribution < -0.4 is 15.5 Å². The number of amides is 2. The van der Waals surface area contributed by atoms with Crippen LogP contribution in [0.15, 0.2) is 30.5 Å². The molecule has 10 heteroatoms. The number of pyridine rings is 1. The predicted octanol–water partition coefficient (Wildman–Crippen LogP) is 2.72. The summed E-state index contributed by atoms with van der Waals surface area (Å²) in [5.41, 5.74) is 1.37. The van der Waals surface area contributed by atoms with Crippen molar-refractivity contribution in [2.24, 2.45) is 5.92 Å². The molecule has 1 aliphatic heterocycles. The summed E-state index contributed by atoms with van der Waals surface area (Å²) in [6, 6.07) is 7.55. The highest BCUT2D eigenvalue weighted by atomic mass is 19.4. The second-order valence-corrected chi connectivity index (χ2v) is 7.92. The maximum atomic E-state index is 13.6. The highest BCUT2D eigenvalue weighted by Gasteiger charge is 2.45. The first kappa shape index (κ1) is 22.6. The molecule has 1 aromatic heterocycles. The van der Waals surface area contributed by atoms with E-state index < -0.39 is 24.2 Å². The number of hydrogen-bond acceptors (Lipinski definition) is 5. The molecule has 2 atom stereocenters. The number of nitrogens with zero attached hydrogens (tertiary/aromatic N) is 4. The molecule has 3 rings (SSSR count). The van der Waals surface area contributed by atoms with Crippen molar-refractivity contribution >= 4 is 22.6 Å². The van der Waals surface area contributed by atoms with E-state index in [1.807, 2.05) is 19.0 Å². The van der Waals surface area contributed by atoms with Crippen LogP contribution in [-0.2, 0) is 0 Å². The molecule has 2 heterocycles. The predicted molar refractivity (Wildman–Crippen MR) is 112 cm³/mol. The molecule has 0 aliphatic carbocycles. The van der Waals surface area contributed by atoms with Crippen LogP contribution in [0.1, 0.15) is 12.0 Å². The first-order valence-corrected chi connectivity index (χ1v) is 9.97. The zero-order valence-corrected chi connectivity index (χ0v) is 17.4. The van der Waals surface area contributed by atoms with Gasteiger partial charge in [0.25, 0.3) is 0 Å². The fraction of sp³-hybridized carbons (Fsp3) is 0.476. The van der Waals surface area contributed by atoms with Crippen LogP contribution in [0.25, 0.3) is 10.9 Å². The van der Waals surface area contributed by atoms with Crippen LogP contribution in [0.3, 0.4) is 0 Å². The van der Waals surface area contributed by atoms with Crippen LogP contribution >= 0.6 is 0 Å². The fourth-order valence-corrected chi connectivity index (χ4v) is 3.79. The van der Waals surface area contributed by atoms with Crippen LogP contribution in [0, 0.1) is 17.2 Å². The van der Waals surface area contributed by atoms with Crippen molar-refractivity contribution in [1.82, 2.24) is 20.5 Å². The number of carbonyl (C=O) groups excluding carboxylic acids is 1. The highest BCUT2D eigenvalue weighted by molar-refractivity contribution is 5.95. The lowest BCUT2D eigenvalue weighted by Gasteiger charge is -2.40. The monoisotopic (exact) mass is 434 g/mol. The topological polar surface area (TPSA) is 84.3 Å². The molecule has 0 radical (unpaired) electrons. The Morgan fingerprint density at radius 3 is 2.77 bits per heavy atom. The Morgan fingerprint density at radius 1 is 1.32 bits per heavy atom. The number of nitrogens with one attached hydrogen (secondary N) is 2. The Bertz CT molecular complexity index is 972. The number of hydrogen-bond donors (Lipinski definition) is 2.